The van der Waals surface area contributed by atoms with Crippen molar-refractivity contribution >= 4 is 31.1 Å². The minimum absolute atomic E-state index is 0.316. The number of ether oxygens (including phenoxy) is 1. The van der Waals surface area contributed by atoms with Gasteiger partial charge < -0.3 is 25.8 Å². The summed E-state index contributed by atoms with van der Waals surface area (Å²) in [5.74, 6) is -4.55. The van der Waals surface area contributed by atoms with Crippen LogP contribution < -0.4 is 10.5 Å². The predicted molar refractivity (Wildman–Crippen MR) is 87.3 cm³/mol. The number of carbonyl (C=O) groups excluding carboxylic acids is 1. The van der Waals surface area contributed by atoms with E-state index in [1.165, 1.54) is 0 Å². The Balaban J connectivity index is 3.04. The number of rotatable bonds is 10. The number of benzene rings is 1. The molecule has 7 N–H and O–H groups in total. The monoisotopic (exact) mass is 390 g/mol. The molecule has 0 aliphatic carbocycles. The summed E-state index contributed by atoms with van der Waals surface area (Å²) in [4.78, 5) is 64.5. The molecular formula is C14H17NO10P+. The molecule has 1 unspecified atom stereocenters. The third-order valence-corrected chi connectivity index (χ3v) is 4.99. The molecule has 12 heteroatoms. The second-order valence-corrected chi connectivity index (χ2v) is 7.51. The quantitative estimate of drug-likeness (QED) is 0.284. The average Bonchev–Trinajstić information content (AvgIpc) is 2.56. The molecule has 142 valence electrons. The number of hydrogen-bond donors (Lipinski definition) is 6. The fourth-order valence-electron chi connectivity index (χ4n) is 1.85. The molecule has 0 aliphatic rings. The third-order valence-electron chi connectivity index (χ3n) is 3.20. The Kier molecular flexibility index (Phi) is 7.16. The lowest BCUT2D eigenvalue weighted by atomic mass is 10.1. The largest absolute Gasteiger partial charge is 0.481 e. The summed E-state index contributed by atoms with van der Waals surface area (Å²) in [5, 5.41) is 26.4. The van der Waals surface area contributed by atoms with Gasteiger partial charge in [-0.3, -0.25) is 4.79 Å². The Morgan fingerprint density at radius 2 is 1.73 bits per heavy atom. The van der Waals surface area contributed by atoms with E-state index in [0.717, 1.165) is 18.2 Å². The fraction of sp³-hybridized carbons (Fsp3) is 0.286. The summed E-state index contributed by atoms with van der Waals surface area (Å²) in [5.41, 5.74) is 3.19. The lowest BCUT2D eigenvalue weighted by molar-refractivity contribution is -0.139. The molecule has 26 heavy (non-hydrogen) atoms. The van der Waals surface area contributed by atoms with Crippen LogP contribution in [0.4, 0.5) is 0 Å². The second-order valence-electron chi connectivity index (χ2n) is 5.19. The number of hydrogen-bond acceptors (Lipinski definition) is 8. The third kappa shape index (κ3) is 5.74. The molecular weight excluding hydrogens is 373 g/mol. The minimum Gasteiger partial charge on any atom is -0.481 e. The van der Waals surface area contributed by atoms with Crippen molar-refractivity contribution < 1.29 is 49.0 Å². The van der Waals surface area contributed by atoms with Crippen LogP contribution in [0.5, 0.6) is 5.75 Å². The average molecular weight is 390 g/mol. The number of aromatic carboxylic acids is 1. The molecule has 0 bridgehead atoms. The smallest absolute Gasteiger partial charge is 0.356 e. The summed E-state index contributed by atoms with van der Waals surface area (Å²) in [7, 11) is -4.26. The van der Waals surface area contributed by atoms with Gasteiger partial charge >= 0.3 is 31.1 Å². The maximum Gasteiger partial charge on any atom is 0.356 e. The van der Waals surface area contributed by atoms with Gasteiger partial charge in [0.05, 0.1) is 5.56 Å². The van der Waals surface area contributed by atoms with Gasteiger partial charge in [0.1, 0.15) is 23.5 Å². The number of aliphatic carboxylic acids is 2. The first-order chi connectivity index (χ1) is 12.0. The van der Waals surface area contributed by atoms with E-state index in [1.54, 1.807) is 0 Å². The van der Waals surface area contributed by atoms with Crippen LogP contribution in [0, 0.1) is 0 Å². The van der Waals surface area contributed by atoms with Crippen LogP contribution in [0.15, 0.2) is 18.2 Å². The van der Waals surface area contributed by atoms with Crippen molar-refractivity contribution in [3.05, 3.63) is 29.3 Å². The minimum atomic E-state index is -4.26. The highest BCUT2D eigenvalue weighted by Crippen LogP contribution is 2.53. The maximum atomic E-state index is 12.2. The first-order valence-corrected chi connectivity index (χ1v) is 8.92. The lowest BCUT2D eigenvalue weighted by Crippen LogP contribution is -2.31. The van der Waals surface area contributed by atoms with Crippen LogP contribution in [0.2, 0.25) is 0 Å². The first-order valence-electron chi connectivity index (χ1n) is 7.04. The van der Waals surface area contributed by atoms with Crippen molar-refractivity contribution in [2.24, 2.45) is 5.73 Å². The summed E-state index contributed by atoms with van der Waals surface area (Å²) in [6.45, 7) is -0.808. The van der Waals surface area contributed by atoms with E-state index in [0.29, 0.717) is 0 Å². The first kappa shape index (κ1) is 21.5. The van der Waals surface area contributed by atoms with E-state index in [-0.39, 0.29) is 17.7 Å². The SMILES string of the molecule is NC(CC[P+](O)(O)C(=O)c1ccc(OCC(=O)O)c(C(=O)O)c1)C(=O)O. The standard InChI is InChI=1S/C14H16NO10P/c15-9(13(20)21)3-4-26(23,24)14(22)7-1-2-10(25-6-11(16)17)8(5-7)12(18)19/h1-2,5,9,23-24H,3-4,6,15H2,(H2-,16,17,18,19,20,21)/p+1. The van der Waals surface area contributed by atoms with Gasteiger partial charge in [0, 0.05) is 6.42 Å². The van der Waals surface area contributed by atoms with Crippen LogP contribution in [-0.2, 0) is 9.59 Å². The lowest BCUT2D eigenvalue weighted by Gasteiger charge is -2.13. The van der Waals surface area contributed by atoms with Crippen molar-refractivity contribution in [3.8, 4) is 5.75 Å². The number of nitrogens with two attached hydrogens (primary N) is 1. The van der Waals surface area contributed by atoms with Crippen molar-refractivity contribution in [2.45, 2.75) is 12.5 Å². The number of carbonyl (C=O) groups is 4. The molecule has 1 rings (SSSR count). The highest BCUT2D eigenvalue weighted by molar-refractivity contribution is 7.81. The van der Waals surface area contributed by atoms with E-state index >= 15 is 0 Å². The summed E-state index contributed by atoms with van der Waals surface area (Å²) >= 11 is 0. The van der Waals surface area contributed by atoms with Gasteiger partial charge in [-0.05, 0) is 18.2 Å². The van der Waals surface area contributed by atoms with E-state index in [2.05, 4.69) is 0 Å². The Hall–Kier alpha value is -2.59. The molecule has 0 saturated carbocycles. The van der Waals surface area contributed by atoms with Crippen molar-refractivity contribution in [1.29, 1.82) is 0 Å². The molecule has 1 aromatic carbocycles. The van der Waals surface area contributed by atoms with Gasteiger partial charge in [-0.25, -0.2) is 24.2 Å². The number of carboxylic acids is 3. The van der Waals surface area contributed by atoms with E-state index in [1.807, 2.05) is 0 Å². The molecule has 0 aromatic heterocycles. The molecule has 1 aromatic rings. The number of carboxylic acid groups (broad SMARTS) is 3. The summed E-state index contributed by atoms with van der Waals surface area (Å²) in [6.07, 6.45) is -0.952. The van der Waals surface area contributed by atoms with Gasteiger partial charge in [-0.15, -0.1) is 0 Å². The van der Waals surface area contributed by atoms with Gasteiger partial charge in [0.25, 0.3) is 0 Å². The van der Waals surface area contributed by atoms with Crippen molar-refractivity contribution in [2.75, 3.05) is 12.8 Å². The Bertz CT molecular complexity index is 732. The predicted octanol–water partition coefficient (Wildman–Crippen LogP) is -0.377. The fourth-order valence-corrected chi connectivity index (χ4v) is 3.24. The molecule has 0 saturated heterocycles. The molecule has 0 heterocycles. The topological polar surface area (TPSA) is 205 Å². The van der Waals surface area contributed by atoms with Crippen molar-refractivity contribution in [1.82, 2.24) is 0 Å². The molecule has 0 spiro atoms. The van der Waals surface area contributed by atoms with Crippen LogP contribution in [0.25, 0.3) is 0 Å². The van der Waals surface area contributed by atoms with Crippen LogP contribution in [-0.4, -0.2) is 67.3 Å². The molecule has 1 atom stereocenters. The molecule has 0 amide bonds. The van der Waals surface area contributed by atoms with Gasteiger partial charge in [-0.2, -0.15) is 0 Å². The second kappa shape index (κ2) is 8.68. The molecule has 11 nitrogen and oxygen atoms in total. The molecule has 0 fully saturated rings. The molecule has 0 radical (unpaired) electrons. The Morgan fingerprint density at radius 1 is 1.12 bits per heavy atom. The van der Waals surface area contributed by atoms with Crippen LogP contribution >= 0.6 is 7.72 Å². The zero-order chi connectivity index (χ0) is 20.1. The van der Waals surface area contributed by atoms with E-state index in [9.17, 15) is 29.0 Å². The van der Waals surface area contributed by atoms with Gasteiger partial charge in [0.15, 0.2) is 6.61 Å². The van der Waals surface area contributed by atoms with Crippen LogP contribution in [0.3, 0.4) is 0 Å². The van der Waals surface area contributed by atoms with Crippen molar-refractivity contribution in [3.63, 3.8) is 0 Å². The highest BCUT2D eigenvalue weighted by Gasteiger charge is 2.45. The Labute approximate surface area is 147 Å². The Morgan fingerprint density at radius 3 is 2.23 bits per heavy atom. The van der Waals surface area contributed by atoms with Gasteiger partial charge in [0.2, 0.25) is 0 Å². The van der Waals surface area contributed by atoms with Gasteiger partial charge in [-0.1, -0.05) is 0 Å². The molecule has 0 aliphatic heterocycles. The maximum absolute atomic E-state index is 12.2. The summed E-state index contributed by atoms with van der Waals surface area (Å²) < 4.78 is 4.80. The normalized spacial score (nSPS) is 12.3. The summed E-state index contributed by atoms with van der Waals surface area (Å²) in [6, 6.07) is 1.50. The van der Waals surface area contributed by atoms with Crippen LogP contribution in [0.1, 0.15) is 27.1 Å². The van der Waals surface area contributed by atoms with E-state index in [4.69, 9.17) is 25.8 Å². The van der Waals surface area contributed by atoms with E-state index < -0.39 is 55.5 Å². The zero-order valence-corrected chi connectivity index (χ0v) is 14.1. The zero-order valence-electron chi connectivity index (χ0n) is 13.2. The highest BCUT2D eigenvalue weighted by atomic mass is 31.2.